The van der Waals surface area contributed by atoms with Gasteiger partial charge in [0.05, 0.1) is 12.7 Å². The van der Waals surface area contributed by atoms with Crippen LogP contribution >= 0.6 is 0 Å². The molecule has 1 N–H and O–H groups in total. The van der Waals surface area contributed by atoms with Gasteiger partial charge in [-0.1, -0.05) is 12.1 Å². The molecule has 0 unspecified atom stereocenters. The first-order chi connectivity index (χ1) is 8.19. The second-order valence-electron chi connectivity index (χ2n) is 3.59. The minimum atomic E-state index is -3.56. The molecule has 6 nitrogen and oxygen atoms in total. The molecule has 3 heterocycles. The Morgan fingerprint density at radius 3 is 3.00 bits per heavy atom. The first-order valence-corrected chi connectivity index (χ1v) is 6.49. The van der Waals surface area contributed by atoms with Crippen LogP contribution in [0.4, 0.5) is 0 Å². The number of nitrogens with zero attached hydrogens (tertiary/aromatic N) is 3. The summed E-state index contributed by atoms with van der Waals surface area (Å²) < 4.78 is 27.3. The van der Waals surface area contributed by atoms with Gasteiger partial charge in [0, 0.05) is 12.4 Å². The zero-order valence-corrected chi connectivity index (χ0v) is 9.63. The van der Waals surface area contributed by atoms with E-state index in [-0.39, 0.29) is 5.03 Å². The minimum Gasteiger partial charge on any atom is -0.313 e. The molecule has 17 heavy (non-hydrogen) atoms. The van der Waals surface area contributed by atoms with Crippen molar-refractivity contribution in [1.82, 2.24) is 19.2 Å². The molecule has 0 aliphatic carbocycles. The highest BCUT2D eigenvalue weighted by Crippen LogP contribution is 2.17. The Bertz CT molecular complexity index is 681. The van der Waals surface area contributed by atoms with Crippen molar-refractivity contribution < 1.29 is 8.42 Å². The monoisotopic (exact) mass is 250 g/mol. The molecular formula is C10H10N4O2S. The molecule has 7 heteroatoms. The summed E-state index contributed by atoms with van der Waals surface area (Å²) in [5.74, 6) is 0. The third-order valence-electron chi connectivity index (χ3n) is 2.55. The number of sulfonamides is 1. The summed E-state index contributed by atoms with van der Waals surface area (Å²) in [6.45, 7) is 0.322. The number of pyridine rings is 1. The number of rotatable bonds is 2. The van der Waals surface area contributed by atoms with Crippen LogP contribution in [0.5, 0.6) is 0 Å². The second kappa shape index (κ2) is 3.57. The van der Waals surface area contributed by atoms with Gasteiger partial charge in [-0.3, -0.25) is 4.40 Å². The molecule has 0 radical (unpaired) electrons. The van der Waals surface area contributed by atoms with Crippen LogP contribution in [0.15, 0.2) is 47.9 Å². The van der Waals surface area contributed by atoms with E-state index in [1.54, 1.807) is 35.0 Å². The summed E-state index contributed by atoms with van der Waals surface area (Å²) in [6, 6.07) is 5.34. The lowest BCUT2D eigenvalue weighted by atomic mass is 10.5. The van der Waals surface area contributed by atoms with Gasteiger partial charge in [0.15, 0.2) is 5.03 Å². The third kappa shape index (κ3) is 1.51. The molecule has 2 aromatic rings. The van der Waals surface area contributed by atoms with Crippen LogP contribution in [-0.4, -0.2) is 28.8 Å². The van der Waals surface area contributed by atoms with Crippen LogP contribution in [0.25, 0.3) is 5.65 Å². The van der Waals surface area contributed by atoms with Gasteiger partial charge in [-0.15, -0.1) is 4.41 Å². The van der Waals surface area contributed by atoms with Crippen LogP contribution in [0.2, 0.25) is 0 Å². The number of nitrogens with one attached hydrogen (secondary N) is 1. The molecule has 88 valence electrons. The van der Waals surface area contributed by atoms with Gasteiger partial charge in [0.2, 0.25) is 0 Å². The summed E-state index contributed by atoms with van der Waals surface area (Å²) >= 11 is 0. The third-order valence-corrected chi connectivity index (χ3v) is 4.21. The number of imidazole rings is 1. The van der Waals surface area contributed by atoms with Crippen molar-refractivity contribution in [3.05, 3.63) is 42.9 Å². The van der Waals surface area contributed by atoms with E-state index in [0.29, 0.717) is 12.2 Å². The number of hydrogen-bond donors (Lipinski definition) is 1. The molecule has 0 fully saturated rings. The fourth-order valence-electron chi connectivity index (χ4n) is 1.72. The lowest BCUT2D eigenvalue weighted by Crippen LogP contribution is -2.36. The Labute approximate surface area is 98.2 Å². The average Bonchev–Trinajstić information content (AvgIpc) is 2.99. The van der Waals surface area contributed by atoms with Gasteiger partial charge in [-0.05, 0) is 12.1 Å². The Kier molecular flexibility index (Phi) is 2.17. The van der Waals surface area contributed by atoms with Gasteiger partial charge in [-0.2, -0.15) is 0 Å². The van der Waals surface area contributed by atoms with E-state index in [1.165, 1.54) is 10.6 Å². The highest BCUT2D eigenvalue weighted by Gasteiger charge is 2.28. The van der Waals surface area contributed by atoms with Crippen molar-refractivity contribution in [1.29, 1.82) is 0 Å². The van der Waals surface area contributed by atoms with E-state index in [2.05, 4.69) is 10.4 Å². The number of hydrazine groups is 1. The van der Waals surface area contributed by atoms with E-state index in [9.17, 15) is 8.42 Å². The van der Waals surface area contributed by atoms with Crippen molar-refractivity contribution >= 4 is 15.7 Å². The first kappa shape index (κ1) is 10.3. The topological polar surface area (TPSA) is 66.7 Å². The molecular weight excluding hydrogens is 240 g/mol. The molecule has 0 aromatic carbocycles. The van der Waals surface area contributed by atoms with Crippen LogP contribution in [0, 0.1) is 0 Å². The molecule has 0 amide bonds. The zero-order chi connectivity index (χ0) is 11.9. The van der Waals surface area contributed by atoms with Crippen LogP contribution in [0.3, 0.4) is 0 Å². The van der Waals surface area contributed by atoms with E-state index < -0.39 is 10.0 Å². The molecule has 0 saturated carbocycles. The number of hydrogen-bond acceptors (Lipinski definition) is 4. The van der Waals surface area contributed by atoms with Crippen molar-refractivity contribution in [3.63, 3.8) is 0 Å². The maximum absolute atomic E-state index is 12.3. The van der Waals surface area contributed by atoms with E-state index in [0.717, 1.165) is 0 Å². The molecule has 2 aromatic heterocycles. The lowest BCUT2D eigenvalue weighted by Gasteiger charge is -2.15. The fraction of sp³-hybridized carbons (Fsp3) is 0.100. The zero-order valence-electron chi connectivity index (χ0n) is 8.81. The average molecular weight is 250 g/mol. The molecule has 0 atom stereocenters. The van der Waals surface area contributed by atoms with Gasteiger partial charge in [-0.25, -0.2) is 13.4 Å². The summed E-state index contributed by atoms with van der Waals surface area (Å²) in [6.07, 6.45) is 6.38. The normalized spacial score (nSPS) is 16.5. The first-order valence-electron chi connectivity index (χ1n) is 5.05. The summed E-state index contributed by atoms with van der Waals surface area (Å²) in [4.78, 5) is 4.07. The lowest BCUT2D eigenvalue weighted by molar-refractivity contribution is 0.411. The Morgan fingerprint density at radius 2 is 2.24 bits per heavy atom. The highest BCUT2D eigenvalue weighted by molar-refractivity contribution is 7.89. The Balaban J connectivity index is 2.15. The fourth-order valence-corrected chi connectivity index (χ4v) is 3.01. The summed E-state index contributed by atoms with van der Waals surface area (Å²) in [7, 11) is -3.56. The van der Waals surface area contributed by atoms with Gasteiger partial charge < -0.3 is 5.43 Å². The minimum absolute atomic E-state index is 0.157. The maximum atomic E-state index is 12.3. The van der Waals surface area contributed by atoms with Crippen LogP contribution in [0.1, 0.15) is 0 Å². The van der Waals surface area contributed by atoms with Crippen molar-refractivity contribution in [2.24, 2.45) is 0 Å². The van der Waals surface area contributed by atoms with Gasteiger partial charge in [0.1, 0.15) is 5.65 Å². The van der Waals surface area contributed by atoms with Crippen molar-refractivity contribution in [3.8, 4) is 0 Å². The smallest absolute Gasteiger partial charge is 0.277 e. The molecule has 1 aliphatic heterocycles. The van der Waals surface area contributed by atoms with Gasteiger partial charge in [0.25, 0.3) is 10.0 Å². The van der Waals surface area contributed by atoms with Crippen LogP contribution < -0.4 is 5.43 Å². The summed E-state index contributed by atoms with van der Waals surface area (Å²) in [5.41, 5.74) is 3.28. The predicted molar refractivity (Wildman–Crippen MR) is 61.4 cm³/mol. The molecule has 1 aliphatic rings. The van der Waals surface area contributed by atoms with Crippen molar-refractivity contribution in [2.45, 2.75) is 5.03 Å². The molecule has 0 saturated heterocycles. The SMILES string of the molecule is O=S(=O)(c1cnc2ccccn12)N1CC=CN1. The second-order valence-corrected chi connectivity index (χ2v) is 5.40. The largest absolute Gasteiger partial charge is 0.313 e. The Morgan fingerprint density at radius 1 is 1.35 bits per heavy atom. The summed E-state index contributed by atoms with van der Waals surface area (Å²) in [5, 5.41) is 0.157. The van der Waals surface area contributed by atoms with E-state index in [1.807, 2.05) is 6.07 Å². The molecule has 0 bridgehead atoms. The quantitative estimate of drug-likeness (QED) is 0.835. The number of fused-ring (bicyclic) bond motifs is 1. The maximum Gasteiger partial charge on any atom is 0.277 e. The molecule has 0 spiro atoms. The number of aromatic nitrogens is 2. The van der Waals surface area contributed by atoms with Crippen molar-refractivity contribution in [2.75, 3.05) is 6.54 Å². The van der Waals surface area contributed by atoms with Gasteiger partial charge >= 0.3 is 0 Å². The Hall–Kier alpha value is -1.86. The highest BCUT2D eigenvalue weighted by atomic mass is 32.2. The van der Waals surface area contributed by atoms with E-state index >= 15 is 0 Å². The molecule has 3 rings (SSSR count). The van der Waals surface area contributed by atoms with Crippen LogP contribution in [-0.2, 0) is 10.0 Å². The standard InChI is InChI=1S/C10H10N4O2S/c15-17(16,14-7-3-5-12-14)10-8-11-9-4-1-2-6-13(9)10/h1-6,8,12H,7H2. The van der Waals surface area contributed by atoms with E-state index in [4.69, 9.17) is 0 Å². The predicted octanol–water partition coefficient (Wildman–Crippen LogP) is 0.357.